The van der Waals surface area contributed by atoms with E-state index in [1.54, 1.807) is 12.4 Å². The monoisotopic (exact) mass is 254 g/mol. The summed E-state index contributed by atoms with van der Waals surface area (Å²) in [6, 6.07) is 10.1. The normalized spacial score (nSPS) is 10.2. The van der Waals surface area contributed by atoms with Gasteiger partial charge in [0, 0.05) is 12.6 Å². The lowest BCUT2D eigenvalue weighted by Crippen LogP contribution is -2.12. The lowest BCUT2D eigenvalue weighted by Gasteiger charge is -2.07. The molecule has 1 aromatic carbocycles. The molecule has 98 valence electrons. The lowest BCUT2D eigenvalue weighted by molar-refractivity contribution is -0.116. The smallest absolute Gasteiger partial charge is 0.224 e. The van der Waals surface area contributed by atoms with E-state index in [4.69, 9.17) is 0 Å². The van der Waals surface area contributed by atoms with Crippen LogP contribution in [0.2, 0.25) is 0 Å². The van der Waals surface area contributed by atoms with Gasteiger partial charge in [-0.1, -0.05) is 24.3 Å². The SMILES string of the molecule is Cc1cncc(NC(=O)CCc2ccccc2C)c1. The van der Waals surface area contributed by atoms with E-state index in [1.165, 1.54) is 11.1 Å². The highest BCUT2D eigenvalue weighted by molar-refractivity contribution is 5.90. The Morgan fingerprint density at radius 2 is 2.00 bits per heavy atom. The van der Waals surface area contributed by atoms with Gasteiger partial charge in [0.1, 0.15) is 0 Å². The Morgan fingerprint density at radius 1 is 1.21 bits per heavy atom. The molecule has 1 N–H and O–H groups in total. The van der Waals surface area contributed by atoms with Gasteiger partial charge in [0.05, 0.1) is 11.9 Å². The van der Waals surface area contributed by atoms with Gasteiger partial charge >= 0.3 is 0 Å². The second-order valence-corrected chi connectivity index (χ2v) is 4.73. The second kappa shape index (κ2) is 6.14. The lowest BCUT2D eigenvalue weighted by atomic mass is 10.0. The second-order valence-electron chi connectivity index (χ2n) is 4.73. The third-order valence-corrected chi connectivity index (χ3v) is 3.04. The summed E-state index contributed by atoms with van der Waals surface area (Å²) in [5.74, 6) is 0.0238. The Kier molecular flexibility index (Phi) is 4.29. The predicted molar refractivity (Wildman–Crippen MR) is 77.1 cm³/mol. The van der Waals surface area contributed by atoms with E-state index in [0.717, 1.165) is 17.7 Å². The van der Waals surface area contributed by atoms with Crippen LogP contribution < -0.4 is 5.32 Å². The molecule has 1 aromatic heterocycles. The number of nitrogens with zero attached hydrogens (tertiary/aromatic N) is 1. The summed E-state index contributed by atoms with van der Waals surface area (Å²) in [6.07, 6.45) is 4.68. The molecule has 0 bridgehead atoms. The molecule has 2 rings (SSSR count). The number of amides is 1. The number of carbonyl (C=O) groups is 1. The molecule has 0 atom stereocenters. The summed E-state index contributed by atoms with van der Waals surface area (Å²) in [7, 11) is 0. The molecule has 0 spiro atoms. The Balaban J connectivity index is 1.90. The minimum absolute atomic E-state index is 0.0238. The van der Waals surface area contributed by atoms with Gasteiger partial charge in [-0.2, -0.15) is 0 Å². The van der Waals surface area contributed by atoms with Crippen molar-refractivity contribution in [3.05, 3.63) is 59.4 Å². The first-order valence-corrected chi connectivity index (χ1v) is 6.41. The highest BCUT2D eigenvalue weighted by Crippen LogP contribution is 2.11. The third kappa shape index (κ3) is 3.91. The van der Waals surface area contributed by atoms with Crippen molar-refractivity contribution in [3.8, 4) is 0 Å². The molecule has 0 radical (unpaired) electrons. The first kappa shape index (κ1) is 13.3. The van der Waals surface area contributed by atoms with Crippen molar-refractivity contribution in [3.63, 3.8) is 0 Å². The molecule has 2 aromatic rings. The molecular weight excluding hydrogens is 236 g/mol. The predicted octanol–water partition coefficient (Wildman–Crippen LogP) is 3.27. The molecule has 0 aliphatic carbocycles. The van der Waals surface area contributed by atoms with Crippen LogP contribution in [0.5, 0.6) is 0 Å². The van der Waals surface area contributed by atoms with E-state index in [1.807, 2.05) is 25.1 Å². The van der Waals surface area contributed by atoms with E-state index < -0.39 is 0 Å². The number of pyridine rings is 1. The summed E-state index contributed by atoms with van der Waals surface area (Å²) in [6.45, 7) is 4.02. The molecule has 0 fully saturated rings. The molecule has 0 saturated carbocycles. The summed E-state index contributed by atoms with van der Waals surface area (Å²) in [4.78, 5) is 15.9. The molecule has 1 heterocycles. The fraction of sp³-hybridized carbons (Fsp3) is 0.250. The van der Waals surface area contributed by atoms with Gasteiger partial charge in [-0.05, 0) is 43.0 Å². The number of nitrogens with one attached hydrogen (secondary N) is 1. The van der Waals surface area contributed by atoms with Crippen LogP contribution in [-0.2, 0) is 11.2 Å². The fourth-order valence-electron chi connectivity index (χ4n) is 1.99. The van der Waals surface area contributed by atoms with E-state index in [-0.39, 0.29) is 5.91 Å². The number of hydrogen-bond acceptors (Lipinski definition) is 2. The fourth-order valence-corrected chi connectivity index (χ4v) is 1.99. The zero-order valence-electron chi connectivity index (χ0n) is 11.3. The Morgan fingerprint density at radius 3 is 2.74 bits per heavy atom. The Labute approximate surface area is 113 Å². The number of aryl methyl sites for hydroxylation is 3. The molecule has 0 aliphatic rings. The van der Waals surface area contributed by atoms with E-state index in [0.29, 0.717) is 6.42 Å². The third-order valence-electron chi connectivity index (χ3n) is 3.04. The van der Waals surface area contributed by atoms with Gasteiger partial charge in [-0.3, -0.25) is 9.78 Å². The standard InChI is InChI=1S/C16H18N2O/c1-12-9-15(11-17-10-12)18-16(19)8-7-14-6-4-3-5-13(14)2/h3-6,9-11H,7-8H2,1-2H3,(H,18,19). The number of rotatable bonds is 4. The highest BCUT2D eigenvalue weighted by Gasteiger charge is 2.05. The van der Waals surface area contributed by atoms with E-state index in [2.05, 4.69) is 29.4 Å². The van der Waals surface area contributed by atoms with Crippen molar-refractivity contribution in [2.24, 2.45) is 0 Å². The molecule has 19 heavy (non-hydrogen) atoms. The average Bonchev–Trinajstić information content (AvgIpc) is 2.38. The van der Waals surface area contributed by atoms with Crippen LogP contribution in [0.15, 0.2) is 42.7 Å². The zero-order chi connectivity index (χ0) is 13.7. The van der Waals surface area contributed by atoms with Crippen LogP contribution in [0.25, 0.3) is 0 Å². The molecule has 3 nitrogen and oxygen atoms in total. The number of anilines is 1. The minimum Gasteiger partial charge on any atom is -0.325 e. The summed E-state index contributed by atoms with van der Waals surface area (Å²) < 4.78 is 0. The van der Waals surface area contributed by atoms with Crippen molar-refractivity contribution >= 4 is 11.6 Å². The maximum absolute atomic E-state index is 11.9. The van der Waals surface area contributed by atoms with Crippen molar-refractivity contribution in [2.45, 2.75) is 26.7 Å². The highest BCUT2D eigenvalue weighted by atomic mass is 16.1. The van der Waals surface area contributed by atoms with Crippen LogP contribution in [-0.4, -0.2) is 10.9 Å². The van der Waals surface area contributed by atoms with Gasteiger partial charge in [0.25, 0.3) is 0 Å². The first-order valence-electron chi connectivity index (χ1n) is 6.41. The summed E-state index contributed by atoms with van der Waals surface area (Å²) in [5, 5.41) is 2.87. The molecule has 0 unspecified atom stereocenters. The van der Waals surface area contributed by atoms with E-state index in [9.17, 15) is 4.79 Å². The van der Waals surface area contributed by atoms with Crippen LogP contribution in [0.3, 0.4) is 0 Å². The van der Waals surface area contributed by atoms with E-state index >= 15 is 0 Å². The zero-order valence-corrected chi connectivity index (χ0v) is 11.3. The maximum atomic E-state index is 11.9. The number of carbonyl (C=O) groups excluding carboxylic acids is 1. The van der Waals surface area contributed by atoms with Gasteiger partial charge in [-0.25, -0.2) is 0 Å². The van der Waals surface area contributed by atoms with Gasteiger partial charge in [-0.15, -0.1) is 0 Å². The van der Waals surface area contributed by atoms with Gasteiger partial charge < -0.3 is 5.32 Å². The van der Waals surface area contributed by atoms with Crippen LogP contribution in [0.1, 0.15) is 23.1 Å². The van der Waals surface area contributed by atoms with Crippen LogP contribution in [0.4, 0.5) is 5.69 Å². The maximum Gasteiger partial charge on any atom is 0.224 e. The van der Waals surface area contributed by atoms with Gasteiger partial charge in [0.15, 0.2) is 0 Å². The number of aromatic nitrogens is 1. The topological polar surface area (TPSA) is 42.0 Å². The molecule has 0 aliphatic heterocycles. The quantitative estimate of drug-likeness (QED) is 0.909. The van der Waals surface area contributed by atoms with Crippen LogP contribution >= 0.6 is 0 Å². The molecule has 1 amide bonds. The first-order chi connectivity index (χ1) is 9.15. The van der Waals surface area contributed by atoms with Crippen molar-refractivity contribution < 1.29 is 4.79 Å². The van der Waals surface area contributed by atoms with Crippen molar-refractivity contribution in [2.75, 3.05) is 5.32 Å². The largest absolute Gasteiger partial charge is 0.325 e. The Bertz CT molecular complexity index is 578. The van der Waals surface area contributed by atoms with Crippen LogP contribution in [0, 0.1) is 13.8 Å². The minimum atomic E-state index is 0.0238. The van der Waals surface area contributed by atoms with Gasteiger partial charge in [0.2, 0.25) is 5.91 Å². The molecule has 3 heteroatoms. The summed E-state index contributed by atoms with van der Waals surface area (Å²) in [5.41, 5.74) is 4.25. The molecular formula is C16H18N2O. The Hall–Kier alpha value is -2.16. The average molecular weight is 254 g/mol. The number of benzene rings is 1. The van der Waals surface area contributed by atoms with Crippen molar-refractivity contribution in [1.82, 2.24) is 4.98 Å². The number of hydrogen-bond donors (Lipinski definition) is 1. The van der Waals surface area contributed by atoms with Crippen molar-refractivity contribution in [1.29, 1.82) is 0 Å². The summed E-state index contributed by atoms with van der Waals surface area (Å²) >= 11 is 0. The molecule has 0 saturated heterocycles.